The molecule has 0 aliphatic rings. The molecule has 0 atom stereocenters. The zero-order valence-electron chi connectivity index (χ0n) is 17.5. The number of nitrogens with one attached hydrogen (secondary N) is 1. The fourth-order valence-electron chi connectivity index (χ4n) is 2.70. The summed E-state index contributed by atoms with van der Waals surface area (Å²) in [5.74, 6) is 1.96. The molecule has 2 aromatic heterocycles. The molecule has 3 aromatic rings. The van der Waals surface area contributed by atoms with Gasteiger partial charge in [0.05, 0.1) is 18.6 Å². The third-order valence-corrected chi connectivity index (χ3v) is 5.34. The Morgan fingerprint density at radius 2 is 1.76 bits per heavy atom. The lowest BCUT2D eigenvalue weighted by Gasteiger charge is -2.11. The third-order valence-electron chi connectivity index (χ3n) is 4.16. The number of nitrogens with zero attached hydrogens (tertiary/aromatic N) is 2. The van der Waals surface area contributed by atoms with Crippen molar-refractivity contribution in [1.29, 1.82) is 0 Å². The number of ether oxygens (including phenoxy) is 2. The number of fused-ring (bicyclic) bond motifs is 1. The van der Waals surface area contributed by atoms with Crippen molar-refractivity contribution in [3.63, 3.8) is 0 Å². The predicted molar refractivity (Wildman–Crippen MR) is 117 cm³/mol. The van der Waals surface area contributed by atoms with Crippen LogP contribution in [0.2, 0.25) is 0 Å². The molecule has 0 unspecified atom stereocenters. The minimum absolute atomic E-state index is 0.290. The van der Waals surface area contributed by atoms with Crippen LogP contribution in [0.1, 0.15) is 42.9 Å². The highest BCUT2D eigenvalue weighted by Crippen LogP contribution is 2.35. The molecule has 1 aromatic carbocycles. The Kier molecular flexibility index (Phi) is 6.69. The molecule has 0 aliphatic carbocycles. The van der Waals surface area contributed by atoms with E-state index in [1.165, 1.54) is 17.7 Å². The lowest BCUT2D eigenvalue weighted by atomic mass is 10.2. The minimum atomic E-state index is -0.309. The number of thiophene rings is 1. The number of esters is 1. The van der Waals surface area contributed by atoms with Gasteiger partial charge in [0, 0.05) is 5.69 Å². The van der Waals surface area contributed by atoms with Crippen LogP contribution in [0.3, 0.4) is 0 Å². The summed E-state index contributed by atoms with van der Waals surface area (Å²) in [5, 5.41) is 4.17. The van der Waals surface area contributed by atoms with E-state index in [1.54, 1.807) is 0 Å². The second-order valence-corrected chi connectivity index (χ2v) is 8.80. The summed E-state index contributed by atoms with van der Waals surface area (Å²) in [6.45, 7) is 11.2. The summed E-state index contributed by atoms with van der Waals surface area (Å²) < 4.78 is 11.1. The van der Waals surface area contributed by atoms with Crippen molar-refractivity contribution in [3.8, 4) is 5.75 Å². The van der Waals surface area contributed by atoms with Crippen molar-refractivity contribution in [2.75, 3.05) is 18.5 Å². The summed E-state index contributed by atoms with van der Waals surface area (Å²) in [7, 11) is 0. The molecule has 0 radical (unpaired) electrons. The van der Waals surface area contributed by atoms with Gasteiger partial charge in [0.15, 0.2) is 0 Å². The third kappa shape index (κ3) is 5.23. The molecule has 0 spiro atoms. The van der Waals surface area contributed by atoms with Crippen molar-refractivity contribution in [2.24, 2.45) is 11.8 Å². The second kappa shape index (κ2) is 9.22. The summed E-state index contributed by atoms with van der Waals surface area (Å²) in [6, 6.07) is 7.75. The number of hydrogen-bond acceptors (Lipinski definition) is 7. The summed E-state index contributed by atoms with van der Waals surface area (Å²) in [6.07, 6.45) is 1.50. The summed E-state index contributed by atoms with van der Waals surface area (Å²) in [4.78, 5) is 22.5. The van der Waals surface area contributed by atoms with Crippen LogP contribution in [-0.2, 0) is 4.74 Å². The number of benzene rings is 1. The normalized spacial score (nSPS) is 11.3. The highest BCUT2D eigenvalue weighted by Gasteiger charge is 2.20. The topological polar surface area (TPSA) is 73.3 Å². The van der Waals surface area contributed by atoms with Gasteiger partial charge in [-0.3, -0.25) is 0 Å². The summed E-state index contributed by atoms with van der Waals surface area (Å²) >= 11 is 1.33. The Hall–Kier alpha value is -2.67. The Labute approximate surface area is 175 Å². The SMILES string of the molecule is Cc1c(C(=O)OCC(C)C)sc2ncnc(Nc3ccc(OCC(C)C)cc3)c12. The van der Waals surface area contributed by atoms with Crippen LogP contribution in [0.5, 0.6) is 5.75 Å². The lowest BCUT2D eigenvalue weighted by molar-refractivity contribution is 0.0464. The van der Waals surface area contributed by atoms with Crippen molar-refractivity contribution in [3.05, 3.63) is 41.0 Å². The maximum absolute atomic E-state index is 12.5. The maximum atomic E-state index is 12.5. The van der Waals surface area contributed by atoms with Gasteiger partial charge in [0.2, 0.25) is 0 Å². The van der Waals surface area contributed by atoms with Gasteiger partial charge in [0.1, 0.15) is 27.6 Å². The molecular formula is C22H27N3O3S. The first-order valence-electron chi connectivity index (χ1n) is 9.76. The van der Waals surface area contributed by atoms with Crippen LogP contribution in [0.15, 0.2) is 30.6 Å². The predicted octanol–water partition coefficient (Wildman–Crippen LogP) is 5.59. The van der Waals surface area contributed by atoms with E-state index >= 15 is 0 Å². The largest absolute Gasteiger partial charge is 0.493 e. The van der Waals surface area contributed by atoms with Crippen LogP contribution >= 0.6 is 11.3 Å². The quantitative estimate of drug-likeness (QED) is 0.485. The average Bonchev–Trinajstić information content (AvgIpc) is 3.03. The molecular weight excluding hydrogens is 386 g/mol. The number of rotatable bonds is 8. The van der Waals surface area contributed by atoms with Crippen molar-refractivity contribution < 1.29 is 14.3 Å². The highest BCUT2D eigenvalue weighted by molar-refractivity contribution is 7.20. The van der Waals surface area contributed by atoms with Gasteiger partial charge in [-0.15, -0.1) is 11.3 Å². The van der Waals surface area contributed by atoms with Gasteiger partial charge in [-0.1, -0.05) is 27.7 Å². The Balaban J connectivity index is 1.82. The lowest BCUT2D eigenvalue weighted by Crippen LogP contribution is -2.09. The number of anilines is 2. The van der Waals surface area contributed by atoms with Gasteiger partial charge in [-0.2, -0.15) is 0 Å². The van der Waals surface area contributed by atoms with E-state index in [4.69, 9.17) is 9.47 Å². The number of carbonyl (C=O) groups excluding carboxylic acids is 1. The molecule has 7 heteroatoms. The second-order valence-electron chi connectivity index (χ2n) is 7.81. The van der Waals surface area contributed by atoms with E-state index in [9.17, 15) is 4.79 Å². The Bertz CT molecular complexity index is 981. The minimum Gasteiger partial charge on any atom is -0.493 e. The van der Waals surface area contributed by atoms with Crippen LogP contribution in [0, 0.1) is 18.8 Å². The number of carbonyl (C=O) groups is 1. The molecule has 29 heavy (non-hydrogen) atoms. The van der Waals surface area contributed by atoms with Crippen molar-refractivity contribution in [1.82, 2.24) is 9.97 Å². The Morgan fingerprint density at radius 3 is 2.41 bits per heavy atom. The molecule has 0 bridgehead atoms. The fourth-order valence-corrected chi connectivity index (χ4v) is 3.75. The van der Waals surface area contributed by atoms with Gasteiger partial charge in [-0.25, -0.2) is 14.8 Å². The van der Waals surface area contributed by atoms with E-state index in [0.717, 1.165) is 27.2 Å². The summed E-state index contributed by atoms with van der Waals surface area (Å²) in [5.41, 5.74) is 1.72. The first-order chi connectivity index (χ1) is 13.8. The average molecular weight is 414 g/mol. The highest BCUT2D eigenvalue weighted by atomic mass is 32.1. The standard InChI is InChI=1S/C22H27N3O3S/c1-13(2)10-27-17-8-6-16(7-9-17)25-20-18-15(5)19(22(26)28-11-14(3)4)29-21(18)24-12-23-20/h6-9,12-14H,10-11H2,1-5H3,(H,23,24,25). The first-order valence-corrected chi connectivity index (χ1v) is 10.6. The molecule has 3 rings (SSSR count). The number of hydrogen-bond donors (Lipinski definition) is 1. The Morgan fingerprint density at radius 1 is 1.07 bits per heavy atom. The first kappa shape index (κ1) is 21.0. The van der Waals surface area contributed by atoms with Crippen molar-refractivity contribution >= 4 is 39.0 Å². The van der Waals surface area contributed by atoms with E-state index in [-0.39, 0.29) is 11.9 Å². The molecule has 1 N–H and O–H groups in total. The van der Waals surface area contributed by atoms with Crippen molar-refractivity contribution in [2.45, 2.75) is 34.6 Å². The zero-order valence-corrected chi connectivity index (χ0v) is 18.3. The van der Waals surface area contributed by atoms with Gasteiger partial charge in [-0.05, 0) is 48.6 Å². The van der Waals surface area contributed by atoms with Crippen LogP contribution in [0.25, 0.3) is 10.2 Å². The smallest absolute Gasteiger partial charge is 0.348 e. The molecule has 0 amide bonds. The number of aromatic nitrogens is 2. The molecule has 6 nitrogen and oxygen atoms in total. The fraction of sp³-hybridized carbons (Fsp3) is 0.409. The molecule has 0 saturated heterocycles. The number of aryl methyl sites for hydroxylation is 1. The van der Waals surface area contributed by atoms with Gasteiger partial charge in [0.25, 0.3) is 0 Å². The molecule has 0 saturated carbocycles. The van der Waals surface area contributed by atoms with Crippen LogP contribution < -0.4 is 10.1 Å². The van der Waals surface area contributed by atoms with E-state index < -0.39 is 0 Å². The van der Waals surface area contributed by atoms with E-state index in [1.807, 2.05) is 45.0 Å². The monoisotopic (exact) mass is 413 g/mol. The molecule has 0 aliphatic heterocycles. The van der Waals surface area contributed by atoms with Crippen LogP contribution in [-0.4, -0.2) is 29.2 Å². The van der Waals surface area contributed by atoms with Gasteiger partial charge >= 0.3 is 5.97 Å². The maximum Gasteiger partial charge on any atom is 0.348 e. The molecule has 0 fully saturated rings. The van der Waals surface area contributed by atoms with E-state index in [2.05, 4.69) is 29.1 Å². The van der Waals surface area contributed by atoms with Crippen LogP contribution in [0.4, 0.5) is 11.5 Å². The molecule has 2 heterocycles. The van der Waals surface area contributed by atoms with E-state index in [0.29, 0.717) is 29.8 Å². The zero-order chi connectivity index (χ0) is 21.0. The van der Waals surface area contributed by atoms with Gasteiger partial charge < -0.3 is 14.8 Å². The molecule has 154 valence electrons.